The summed E-state index contributed by atoms with van der Waals surface area (Å²) in [4.78, 5) is 44.7. The molecule has 3 amide bonds. The van der Waals surface area contributed by atoms with Gasteiger partial charge in [-0.3, -0.25) is 14.4 Å². The maximum absolute atomic E-state index is 13.6. The third kappa shape index (κ3) is 5.68. The molecule has 9 heteroatoms. The van der Waals surface area contributed by atoms with Crippen molar-refractivity contribution in [1.82, 2.24) is 15.1 Å². The van der Waals surface area contributed by atoms with Gasteiger partial charge in [-0.05, 0) is 48.5 Å². The molecule has 196 valence electrons. The van der Waals surface area contributed by atoms with Crippen molar-refractivity contribution in [1.29, 1.82) is 0 Å². The number of anilines is 2. The van der Waals surface area contributed by atoms with E-state index >= 15 is 0 Å². The Morgan fingerprint density at radius 1 is 0.684 bits per heavy atom. The second kappa shape index (κ2) is 11.4. The number of hydrogen-bond acceptors (Lipinski definition) is 5. The van der Waals surface area contributed by atoms with Crippen LogP contribution >= 0.6 is 0 Å². The molecule has 0 radical (unpaired) electrons. The average Bonchev–Trinajstić information content (AvgIpc) is 2.97. The van der Waals surface area contributed by atoms with Crippen LogP contribution in [0.4, 0.5) is 15.8 Å². The zero-order chi connectivity index (χ0) is 26.5. The molecule has 8 nitrogen and oxygen atoms in total. The van der Waals surface area contributed by atoms with Crippen LogP contribution in [0.1, 0.15) is 31.1 Å². The number of piperazine rings is 2. The van der Waals surface area contributed by atoms with Crippen molar-refractivity contribution in [3.63, 3.8) is 0 Å². The first-order valence-electron chi connectivity index (χ1n) is 12.8. The van der Waals surface area contributed by atoms with E-state index in [1.54, 1.807) is 47.4 Å². The Hall–Kier alpha value is -4.24. The van der Waals surface area contributed by atoms with Crippen molar-refractivity contribution < 1.29 is 18.8 Å². The fourth-order valence-electron chi connectivity index (χ4n) is 4.83. The van der Waals surface area contributed by atoms with E-state index in [1.807, 2.05) is 17.0 Å². The van der Waals surface area contributed by atoms with Gasteiger partial charge in [0.2, 0.25) is 0 Å². The van der Waals surface area contributed by atoms with Gasteiger partial charge >= 0.3 is 0 Å². The number of halogens is 1. The maximum atomic E-state index is 13.6. The van der Waals surface area contributed by atoms with Crippen LogP contribution in [0.3, 0.4) is 0 Å². The van der Waals surface area contributed by atoms with Gasteiger partial charge in [-0.25, -0.2) is 4.39 Å². The normalized spacial score (nSPS) is 15.8. The van der Waals surface area contributed by atoms with Gasteiger partial charge < -0.3 is 25.3 Å². The van der Waals surface area contributed by atoms with E-state index in [9.17, 15) is 18.8 Å². The number of benzene rings is 3. The first-order chi connectivity index (χ1) is 18.5. The number of carbonyl (C=O) groups excluding carboxylic acids is 3. The zero-order valence-electron chi connectivity index (χ0n) is 21.0. The SMILES string of the molecule is O=C(Nc1cc(C(=O)N2CCNCC2)ccc1N1CCN(C(=O)c2cccc(F)c2)CC1)c1ccccc1. The molecule has 2 aliphatic rings. The van der Waals surface area contributed by atoms with Crippen molar-refractivity contribution in [2.24, 2.45) is 0 Å². The monoisotopic (exact) mass is 515 g/mol. The van der Waals surface area contributed by atoms with Crippen molar-refractivity contribution in [2.75, 3.05) is 62.6 Å². The Kier molecular flexibility index (Phi) is 7.65. The van der Waals surface area contributed by atoms with Crippen molar-refractivity contribution >= 4 is 29.1 Å². The van der Waals surface area contributed by atoms with Crippen LogP contribution in [0.25, 0.3) is 0 Å². The average molecular weight is 516 g/mol. The van der Waals surface area contributed by atoms with Crippen LogP contribution in [0.15, 0.2) is 72.8 Å². The highest BCUT2D eigenvalue weighted by Crippen LogP contribution is 2.30. The lowest BCUT2D eigenvalue weighted by molar-refractivity contribution is 0.0731. The van der Waals surface area contributed by atoms with Gasteiger partial charge in [-0.1, -0.05) is 24.3 Å². The summed E-state index contributed by atoms with van der Waals surface area (Å²) in [7, 11) is 0. The van der Waals surface area contributed by atoms with Crippen LogP contribution < -0.4 is 15.5 Å². The van der Waals surface area contributed by atoms with Gasteiger partial charge in [-0.2, -0.15) is 0 Å². The molecular weight excluding hydrogens is 485 g/mol. The Balaban J connectivity index is 1.36. The molecule has 0 unspecified atom stereocenters. The molecule has 2 N–H and O–H groups in total. The highest BCUT2D eigenvalue weighted by Gasteiger charge is 2.26. The molecule has 2 saturated heterocycles. The third-order valence-electron chi connectivity index (χ3n) is 6.91. The first-order valence-corrected chi connectivity index (χ1v) is 12.8. The summed E-state index contributed by atoms with van der Waals surface area (Å²) in [5, 5.41) is 6.25. The predicted molar refractivity (Wildman–Crippen MR) is 144 cm³/mol. The summed E-state index contributed by atoms with van der Waals surface area (Å²) in [5.41, 5.74) is 2.68. The topological polar surface area (TPSA) is 85.0 Å². The largest absolute Gasteiger partial charge is 0.366 e. The summed E-state index contributed by atoms with van der Waals surface area (Å²) >= 11 is 0. The molecule has 5 rings (SSSR count). The molecule has 38 heavy (non-hydrogen) atoms. The number of nitrogens with one attached hydrogen (secondary N) is 2. The molecule has 0 saturated carbocycles. The summed E-state index contributed by atoms with van der Waals surface area (Å²) < 4.78 is 13.6. The molecule has 0 atom stereocenters. The molecule has 0 bridgehead atoms. The fraction of sp³-hybridized carbons (Fsp3) is 0.276. The van der Waals surface area contributed by atoms with Crippen molar-refractivity contribution in [2.45, 2.75) is 0 Å². The second-order valence-electron chi connectivity index (χ2n) is 9.38. The second-order valence-corrected chi connectivity index (χ2v) is 9.38. The molecule has 2 heterocycles. The third-order valence-corrected chi connectivity index (χ3v) is 6.91. The van der Waals surface area contributed by atoms with E-state index in [0.29, 0.717) is 61.6 Å². The molecular formula is C29H30FN5O3. The van der Waals surface area contributed by atoms with E-state index in [0.717, 1.165) is 18.8 Å². The van der Waals surface area contributed by atoms with Crippen LogP contribution in [-0.4, -0.2) is 79.9 Å². The molecule has 0 aliphatic carbocycles. The summed E-state index contributed by atoms with van der Waals surface area (Å²) in [6.45, 7) is 4.72. The lowest BCUT2D eigenvalue weighted by Crippen LogP contribution is -2.49. The Morgan fingerprint density at radius 3 is 2.00 bits per heavy atom. The number of carbonyl (C=O) groups is 3. The van der Waals surface area contributed by atoms with Crippen LogP contribution in [0.5, 0.6) is 0 Å². The molecule has 3 aromatic carbocycles. The van der Waals surface area contributed by atoms with Crippen molar-refractivity contribution in [3.05, 3.63) is 95.3 Å². The van der Waals surface area contributed by atoms with Crippen molar-refractivity contribution in [3.8, 4) is 0 Å². The van der Waals surface area contributed by atoms with Gasteiger partial charge in [0.25, 0.3) is 17.7 Å². The number of nitrogens with zero attached hydrogens (tertiary/aromatic N) is 3. The smallest absolute Gasteiger partial charge is 0.255 e. The Bertz CT molecular complexity index is 1320. The maximum Gasteiger partial charge on any atom is 0.255 e. The van der Waals surface area contributed by atoms with E-state index in [-0.39, 0.29) is 17.7 Å². The summed E-state index contributed by atoms with van der Waals surface area (Å²) in [5.74, 6) is -0.986. The number of amides is 3. The standard InChI is InChI=1S/C29H30FN5O3/c30-24-8-4-7-22(19-24)28(37)35-17-15-33(16-18-35)26-10-9-23(29(38)34-13-11-31-12-14-34)20-25(26)32-27(36)21-5-2-1-3-6-21/h1-10,19-20,31H,11-18H2,(H,32,36). The molecule has 0 aromatic heterocycles. The van der Waals surface area contributed by atoms with Crippen LogP contribution in [0, 0.1) is 5.82 Å². The first kappa shape index (κ1) is 25.4. The highest BCUT2D eigenvalue weighted by atomic mass is 19.1. The fourth-order valence-corrected chi connectivity index (χ4v) is 4.83. The minimum atomic E-state index is -0.441. The van der Waals surface area contributed by atoms with Gasteiger partial charge in [0.15, 0.2) is 0 Å². The zero-order valence-corrected chi connectivity index (χ0v) is 21.0. The lowest BCUT2D eigenvalue weighted by atomic mass is 10.1. The Labute approximate surface area is 221 Å². The van der Waals surface area contributed by atoms with Crippen LogP contribution in [-0.2, 0) is 0 Å². The van der Waals surface area contributed by atoms with E-state index in [1.165, 1.54) is 18.2 Å². The summed E-state index contributed by atoms with van der Waals surface area (Å²) in [6, 6.07) is 20.0. The Morgan fingerprint density at radius 2 is 1.32 bits per heavy atom. The quantitative estimate of drug-likeness (QED) is 0.546. The van der Waals surface area contributed by atoms with Gasteiger partial charge in [0.1, 0.15) is 5.82 Å². The minimum Gasteiger partial charge on any atom is -0.366 e. The van der Waals surface area contributed by atoms with E-state index < -0.39 is 5.82 Å². The van der Waals surface area contributed by atoms with Gasteiger partial charge in [0.05, 0.1) is 11.4 Å². The molecule has 0 spiro atoms. The molecule has 2 aliphatic heterocycles. The summed E-state index contributed by atoms with van der Waals surface area (Å²) in [6.07, 6.45) is 0. The molecule has 3 aromatic rings. The number of rotatable bonds is 5. The minimum absolute atomic E-state index is 0.0706. The van der Waals surface area contributed by atoms with E-state index in [2.05, 4.69) is 15.5 Å². The van der Waals surface area contributed by atoms with Crippen LogP contribution in [0.2, 0.25) is 0 Å². The van der Waals surface area contributed by atoms with Gasteiger partial charge in [-0.15, -0.1) is 0 Å². The van der Waals surface area contributed by atoms with E-state index in [4.69, 9.17) is 0 Å². The number of hydrogen-bond donors (Lipinski definition) is 2. The lowest BCUT2D eigenvalue weighted by Gasteiger charge is -2.37. The highest BCUT2D eigenvalue weighted by molar-refractivity contribution is 6.07. The predicted octanol–water partition coefficient (Wildman–Crippen LogP) is 3.09. The van der Waals surface area contributed by atoms with Gasteiger partial charge in [0, 0.05) is 69.0 Å². The molecule has 2 fully saturated rings.